The van der Waals surface area contributed by atoms with Gasteiger partial charge >= 0.3 is 19.8 Å². The Hall–Kier alpha value is -3.59. The van der Waals surface area contributed by atoms with Crippen LogP contribution in [0.2, 0.25) is 0 Å². The lowest BCUT2D eigenvalue weighted by Gasteiger charge is -2.19. The van der Waals surface area contributed by atoms with Gasteiger partial charge in [0, 0.05) is 19.4 Å². The van der Waals surface area contributed by atoms with Crippen LogP contribution < -0.4 is 5.73 Å². The number of allylic oxidation sites excluding steroid dienone is 20. The van der Waals surface area contributed by atoms with E-state index in [9.17, 15) is 19.0 Å². The minimum Gasteiger partial charge on any atom is -0.462 e. The molecule has 536 valence electrons. The van der Waals surface area contributed by atoms with Gasteiger partial charge in [0.2, 0.25) is 0 Å². The molecule has 0 bridgehead atoms. The van der Waals surface area contributed by atoms with Crippen LogP contribution in [-0.2, 0) is 32.7 Å². The smallest absolute Gasteiger partial charge is 0.462 e. The van der Waals surface area contributed by atoms with Crippen LogP contribution in [0.4, 0.5) is 0 Å². The molecule has 0 radical (unpaired) electrons. The monoisotopic (exact) mass is 1320 g/mol. The van der Waals surface area contributed by atoms with Crippen LogP contribution in [0.3, 0.4) is 0 Å². The maximum absolute atomic E-state index is 12.8. The van der Waals surface area contributed by atoms with E-state index in [0.717, 1.165) is 96.3 Å². The van der Waals surface area contributed by atoms with Gasteiger partial charge in [-0.15, -0.1) is 0 Å². The first kappa shape index (κ1) is 89.4. The van der Waals surface area contributed by atoms with Crippen molar-refractivity contribution in [3.63, 3.8) is 0 Å². The molecule has 0 aliphatic rings. The lowest BCUT2D eigenvalue weighted by molar-refractivity contribution is -0.161. The fraction of sp³-hybridized carbons (Fsp3) is 0.735. The molecule has 0 aromatic rings. The number of phosphoric acid groups is 1. The molecule has 0 spiro atoms. The SMILES string of the molecule is CC/C=C\C/C=C\C/C=C\C/C=C\C/C=C\CCCCCCCCCCCCCCCCCCCCCCCCCCCC(=O)OC(COC(=O)CCCCCCCCCCCCCCCCC/C=C\C/C=C\C/C=C\C/C=C\C/C=C\CC)COP(=O)(O)OCCN. The molecule has 9 nitrogen and oxygen atoms in total. The number of esters is 2. The van der Waals surface area contributed by atoms with E-state index in [1.165, 1.54) is 231 Å². The zero-order valence-electron chi connectivity index (χ0n) is 60.5. The van der Waals surface area contributed by atoms with Crippen LogP contribution in [0.15, 0.2) is 122 Å². The molecule has 0 aromatic carbocycles. The van der Waals surface area contributed by atoms with Gasteiger partial charge in [0.05, 0.1) is 13.2 Å². The molecule has 0 aliphatic carbocycles. The summed E-state index contributed by atoms with van der Waals surface area (Å²) in [5.41, 5.74) is 5.41. The van der Waals surface area contributed by atoms with Gasteiger partial charge in [-0.2, -0.15) is 0 Å². The molecule has 0 saturated heterocycles. The molecule has 0 amide bonds. The summed E-state index contributed by atoms with van der Waals surface area (Å²) < 4.78 is 33.3. The summed E-state index contributed by atoms with van der Waals surface area (Å²) in [5, 5.41) is 0. The van der Waals surface area contributed by atoms with Crippen molar-refractivity contribution in [2.24, 2.45) is 5.73 Å². The second-order valence-corrected chi connectivity index (χ2v) is 27.3. The molecule has 10 heteroatoms. The average Bonchev–Trinajstić information content (AvgIpc) is 3.49. The first-order chi connectivity index (χ1) is 45.8. The van der Waals surface area contributed by atoms with Gasteiger partial charge in [-0.1, -0.05) is 367 Å². The Labute approximate surface area is 574 Å². The highest BCUT2D eigenvalue weighted by Crippen LogP contribution is 2.43. The average molecular weight is 1320 g/mol. The van der Waals surface area contributed by atoms with E-state index in [4.69, 9.17) is 24.3 Å². The minimum atomic E-state index is -4.40. The Balaban J connectivity index is 3.79. The third-order valence-corrected chi connectivity index (χ3v) is 17.8. The molecule has 0 rings (SSSR count). The first-order valence-corrected chi connectivity index (χ1v) is 40.5. The van der Waals surface area contributed by atoms with Gasteiger partial charge in [0.25, 0.3) is 0 Å². The van der Waals surface area contributed by atoms with Crippen LogP contribution in [-0.4, -0.2) is 49.3 Å². The van der Waals surface area contributed by atoms with E-state index in [1.807, 2.05) is 0 Å². The fourth-order valence-corrected chi connectivity index (χ4v) is 11.9. The molecule has 2 atom stereocenters. The Bertz CT molecular complexity index is 1950. The molecular weight excluding hydrogens is 1170 g/mol. The quantitative estimate of drug-likeness (QED) is 0.0264. The predicted molar refractivity (Wildman–Crippen MR) is 404 cm³/mol. The number of hydrogen-bond acceptors (Lipinski definition) is 8. The summed E-state index contributed by atoms with van der Waals surface area (Å²) in [5.74, 6) is -0.814. The number of nitrogens with two attached hydrogens (primary N) is 1. The van der Waals surface area contributed by atoms with Crippen LogP contribution >= 0.6 is 7.82 Å². The van der Waals surface area contributed by atoms with Gasteiger partial charge in [0.15, 0.2) is 6.10 Å². The van der Waals surface area contributed by atoms with Gasteiger partial charge in [-0.25, -0.2) is 4.57 Å². The topological polar surface area (TPSA) is 134 Å². The second-order valence-electron chi connectivity index (χ2n) is 25.8. The van der Waals surface area contributed by atoms with Gasteiger partial charge in [-0.05, 0) is 103 Å². The number of ether oxygens (including phenoxy) is 2. The summed E-state index contributed by atoms with van der Waals surface area (Å²) in [6, 6.07) is 0. The van der Waals surface area contributed by atoms with Crippen molar-refractivity contribution in [3.8, 4) is 0 Å². The number of rotatable bonds is 73. The Morgan fingerprint density at radius 1 is 0.323 bits per heavy atom. The normalized spacial score (nSPS) is 13.5. The van der Waals surface area contributed by atoms with E-state index in [1.54, 1.807) is 0 Å². The maximum Gasteiger partial charge on any atom is 0.472 e. The fourth-order valence-electron chi connectivity index (χ4n) is 11.2. The lowest BCUT2D eigenvalue weighted by atomic mass is 10.0. The highest BCUT2D eigenvalue weighted by Gasteiger charge is 2.26. The standard InChI is InChI=1S/C83H146NO8P/c1-3-5-7-9-11-13-15-17-19-21-23-25-27-29-31-33-35-36-37-38-39-40-41-42-43-44-46-48-50-52-54-56-58-60-62-64-66-68-70-72-74-76-83(86)92-81(80-91-93(87,88)90-78-77-84)79-89-82(85)75-73-71-69-67-65-63-61-59-57-55-53-51-49-47-45-34-32-30-28-26-24-22-20-18-16-14-12-10-8-6-4-2/h5-8,11-14,17-20,23-26,29-32,81H,3-4,9-10,15-16,21-22,27-28,33-80,84H2,1-2H3,(H,87,88)/b7-5-,8-6-,13-11-,14-12-,19-17-,20-18-,25-23-,26-24-,31-29-,32-30-. The lowest BCUT2D eigenvalue weighted by Crippen LogP contribution is -2.29. The highest BCUT2D eigenvalue weighted by molar-refractivity contribution is 7.47. The van der Waals surface area contributed by atoms with Crippen molar-refractivity contribution in [1.82, 2.24) is 0 Å². The van der Waals surface area contributed by atoms with Crippen molar-refractivity contribution in [1.29, 1.82) is 0 Å². The molecular formula is C83H146NO8P. The highest BCUT2D eigenvalue weighted by atomic mass is 31.2. The van der Waals surface area contributed by atoms with Crippen molar-refractivity contribution < 1.29 is 37.6 Å². The predicted octanol–water partition coefficient (Wildman–Crippen LogP) is 26.2. The number of phosphoric ester groups is 1. The Kier molecular flexibility index (Phi) is 74.4. The molecule has 0 fully saturated rings. The van der Waals surface area contributed by atoms with Gasteiger partial charge < -0.3 is 20.1 Å². The van der Waals surface area contributed by atoms with Crippen LogP contribution in [0, 0.1) is 0 Å². The van der Waals surface area contributed by atoms with Crippen LogP contribution in [0.5, 0.6) is 0 Å². The largest absolute Gasteiger partial charge is 0.472 e. The van der Waals surface area contributed by atoms with Crippen molar-refractivity contribution in [2.75, 3.05) is 26.4 Å². The summed E-state index contributed by atoms with van der Waals surface area (Å²) in [7, 11) is -4.40. The molecule has 93 heavy (non-hydrogen) atoms. The number of carbonyl (C=O) groups is 2. The third kappa shape index (κ3) is 77.3. The summed E-state index contributed by atoms with van der Waals surface area (Å²) in [4.78, 5) is 35.5. The molecule has 0 aromatic heterocycles. The minimum absolute atomic E-state index is 0.0519. The Morgan fingerprint density at radius 2 is 0.559 bits per heavy atom. The number of unbranched alkanes of at least 4 members (excludes halogenated alkanes) is 40. The van der Waals surface area contributed by atoms with Crippen molar-refractivity contribution in [2.45, 2.75) is 367 Å². The van der Waals surface area contributed by atoms with Crippen LogP contribution in [0.1, 0.15) is 361 Å². The Morgan fingerprint density at radius 3 is 0.828 bits per heavy atom. The molecule has 3 N–H and O–H groups in total. The molecule has 0 saturated carbocycles. The zero-order chi connectivity index (χ0) is 67.2. The van der Waals surface area contributed by atoms with E-state index < -0.39 is 26.5 Å². The third-order valence-electron chi connectivity index (χ3n) is 16.8. The molecule has 0 aliphatic heterocycles. The summed E-state index contributed by atoms with van der Waals surface area (Å²) in [6.45, 7) is 3.56. The molecule has 0 heterocycles. The van der Waals surface area contributed by atoms with Gasteiger partial charge in [0.1, 0.15) is 6.61 Å². The number of hydrogen-bond donors (Lipinski definition) is 2. The van der Waals surface area contributed by atoms with E-state index in [2.05, 4.69) is 135 Å². The summed E-state index contributed by atoms with van der Waals surface area (Å²) >= 11 is 0. The van der Waals surface area contributed by atoms with Gasteiger partial charge in [-0.3, -0.25) is 18.6 Å². The first-order valence-electron chi connectivity index (χ1n) is 39.0. The van der Waals surface area contributed by atoms with Crippen LogP contribution in [0.25, 0.3) is 0 Å². The summed E-state index contributed by atoms with van der Waals surface area (Å²) in [6.07, 6.45) is 109. The number of carbonyl (C=O) groups excluding carboxylic acids is 2. The van der Waals surface area contributed by atoms with E-state index in [0.29, 0.717) is 6.42 Å². The van der Waals surface area contributed by atoms with Crippen molar-refractivity contribution in [3.05, 3.63) is 122 Å². The van der Waals surface area contributed by atoms with E-state index in [-0.39, 0.29) is 38.6 Å². The zero-order valence-corrected chi connectivity index (χ0v) is 61.4. The second kappa shape index (κ2) is 77.4. The van der Waals surface area contributed by atoms with Crippen molar-refractivity contribution >= 4 is 19.8 Å². The maximum atomic E-state index is 12.8. The van der Waals surface area contributed by atoms with E-state index >= 15 is 0 Å². The molecule has 2 unspecified atom stereocenters.